The summed E-state index contributed by atoms with van der Waals surface area (Å²) in [4.78, 5) is 12.2. The van der Waals surface area contributed by atoms with Gasteiger partial charge in [-0.05, 0) is 42.7 Å². The Morgan fingerprint density at radius 2 is 1.87 bits per heavy atom. The van der Waals surface area contributed by atoms with Crippen molar-refractivity contribution in [3.8, 4) is 17.7 Å². The fourth-order valence-corrected chi connectivity index (χ4v) is 3.20. The van der Waals surface area contributed by atoms with E-state index in [1.165, 1.54) is 25.1 Å². The molecule has 0 amide bonds. The number of methoxy groups -OCH3 is 1. The molecule has 0 unspecified atom stereocenters. The molecule has 0 saturated carbocycles. The highest BCUT2D eigenvalue weighted by Gasteiger charge is 2.12. The van der Waals surface area contributed by atoms with Crippen molar-refractivity contribution in [2.75, 3.05) is 13.7 Å². The molecule has 0 atom stereocenters. The molecule has 0 aliphatic carbocycles. The van der Waals surface area contributed by atoms with Crippen LogP contribution in [0.5, 0.6) is 11.6 Å². The predicted octanol–water partition coefficient (Wildman–Crippen LogP) is 5.26. The first-order valence-electron chi connectivity index (χ1n) is 9.09. The van der Waals surface area contributed by atoms with Crippen molar-refractivity contribution in [2.24, 2.45) is 0 Å². The number of allylic oxidation sites excluding steroid dienone is 1. The Labute approximate surface area is 184 Å². The molecule has 0 aliphatic rings. The molecule has 3 aromatic rings. The van der Waals surface area contributed by atoms with Crippen molar-refractivity contribution in [3.05, 3.63) is 75.9 Å². The summed E-state index contributed by atoms with van der Waals surface area (Å²) in [5.74, 6) is 0.803. The van der Waals surface area contributed by atoms with E-state index in [0.29, 0.717) is 45.0 Å². The van der Waals surface area contributed by atoms with Gasteiger partial charge in [-0.1, -0.05) is 23.2 Å². The topological polar surface area (TPSA) is 80.9 Å². The lowest BCUT2D eigenvalue weighted by Gasteiger charge is -2.11. The van der Waals surface area contributed by atoms with Crippen LogP contribution in [0.1, 0.15) is 23.1 Å². The summed E-state index contributed by atoms with van der Waals surface area (Å²) < 4.78 is 11.2. The average Bonchev–Trinajstić information content (AvgIpc) is 2.77. The van der Waals surface area contributed by atoms with Crippen molar-refractivity contribution >= 4 is 34.9 Å². The molecule has 0 aromatic carbocycles. The molecule has 8 heteroatoms. The first-order valence-corrected chi connectivity index (χ1v) is 9.85. The van der Waals surface area contributed by atoms with Crippen molar-refractivity contribution in [1.82, 2.24) is 15.0 Å². The van der Waals surface area contributed by atoms with Crippen LogP contribution >= 0.6 is 23.2 Å². The summed E-state index contributed by atoms with van der Waals surface area (Å²) >= 11 is 12.3. The molecule has 0 radical (unpaired) electrons. The van der Waals surface area contributed by atoms with E-state index in [2.05, 4.69) is 21.0 Å². The first-order chi connectivity index (χ1) is 14.6. The number of hydrogen-bond acceptors (Lipinski definition) is 6. The molecule has 0 fully saturated rings. The minimum atomic E-state index is 0.335. The highest BCUT2D eigenvalue weighted by molar-refractivity contribution is 6.37. The van der Waals surface area contributed by atoms with E-state index in [1.54, 1.807) is 30.7 Å². The smallest absolute Gasteiger partial charge is 0.256 e. The lowest BCUT2D eigenvalue weighted by molar-refractivity contribution is 0.284. The van der Waals surface area contributed by atoms with E-state index in [9.17, 15) is 5.26 Å². The van der Waals surface area contributed by atoms with Gasteiger partial charge in [-0.2, -0.15) is 5.26 Å². The second-order valence-electron chi connectivity index (χ2n) is 6.23. The van der Waals surface area contributed by atoms with Gasteiger partial charge < -0.3 is 9.47 Å². The average molecular weight is 441 g/mol. The maximum atomic E-state index is 9.66. The van der Waals surface area contributed by atoms with Crippen LogP contribution in [0.3, 0.4) is 0 Å². The van der Waals surface area contributed by atoms with Crippen molar-refractivity contribution < 1.29 is 9.47 Å². The Hall–Kier alpha value is -3.14. The zero-order valence-corrected chi connectivity index (χ0v) is 17.7. The third-order valence-corrected chi connectivity index (χ3v) is 4.84. The summed E-state index contributed by atoms with van der Waals surface area (Å²) in [5, 5.41) is 10.4. The molecule has 0 saturated heterocycles. The number of ether oxygens (including phenoxy) is 2. The van der Waals surface area contributed by atoms with Crippen molar-refractivity contribution in [2.45, 2.75) is 12.8 Å². The summed E-state index contributed by atoms with van der Waals surface area (Å²) in [5.41, 5.74) is 2.60. The van der Waals surface area contributed by atoms with E-state index in [0.717, 1.165) is 12.8 Å². The molecule has 3 heterocycles. The van der Waals surface area contributed by atoms with Crippen LogP contribution in [0.4, 0.5) is 0 Å². The lowest BCUT2D eigenvalue weighted by Crippen LogP contribution is -2.03. The van der Waals surface area contributed by atoms with Crippen LogP contribution in [0.25, 0.3) is 11.6 Å². The zero-order valence-electron chi connectivity index (χ0n) is 16.2. The van der Waals surface area contributed by atoms with E-state index < -0.39 is 0 Å². The zero-order chi connectivity index (χ0) is 21.3. The molecule has 0 spiro atoms. The molecule has 3 aromatic heterocycles. The number of hydrogen-bond donors (Lipinski definition) is 0. The quantitative estimate of drug-likeness (QED) is 0.350. The van der Waals surface area contributed by atoms with E-state index in [-0.39, 0.29) is 0 Å². The highest BCUT2D eigenvalue weighted by atomic mass is 35.5. The maximum Gasteiger partial charge on any atom is 0.256 e. The number of halogens is 2. The second kappa shape index (κ2) is 10.6. The fourth-order valence-electron chi connectivity index (χ4n) is 2.73. The van der Waals surface area contributed by atoms with Crippen LogP contribution in [-0.2, 0) is 6.42 Å². The monoisotopic (exact) mass is 440 g/mol. The highest BCUT2D eigenvalue weighted by Crippen LogP contribution is 2.31. The molecular formula is C22H18Cl2N4O2. The van der Waals surface area contributed by atoms with E-state index in [4.69, 9.17) is 32.7 Å². The number of pyridine rings is 3. The van der Waals surface area contributed by atoms with Gasteiger partial charge in [0.1, 0.15) is 0 Å². The SMILES string of the molecule is COc1ncc(/C(C#N)=C/c2c(Cl)cncc2Cl)cc1OCCCc1ccncc1. The summed E-state index contributed by atoms with van der Waals surface area (Å²) in [6.07, 6.45) is 11.3. The van der Waals surface area contributed by atoms with Crippen LogP contribution in [-0.4, -0.2) is 28.7 Å². The largest absolute Gasteiger partial charge is 0.488 e. The second-order valence-corrected chi connectivity index (χ2v) is 7.04. The minimum Gasteiger partial charge on any atom is -0.488 e. The number of nitrogens with zero attached hydrogens (tertiary/aromatic N) is 4. The Kier molecular flexibility index (Phi) is 7.61. The van der Waals surface area contributed by atoms with Gasteiger partial charge in [-0.15, -0.1) is 0 Å². The number of aromatic nitrogens is 3. The molecular weight excluding hydrogens is 423 g/mol. The minimum absolute atomic E-state index is 0.335. The van der Waals surface area contributed by atoms with Crippen LogP contribution in [0, 0.1) is 11.3 Å². The Balaban J connectivity index is 1.79. The molecule has 0 bridgehead atoms. The summed E-state index contributed by atoms with van der Waals surface area (Å²) in [6, 6.07) is 7.82. The predicted molar refractivity (Wildman–Crippen MR) is 117 cm³/mol. The van der Waals surface area contributed by atoms with Gasteiger partial charge >= 0.3 is 0 Å². The Morgan fingerprint density at radius 3 is 2.53 bits per heavy atom. The van der Waals surface area contributed by atoms with E-state index >= 15 is 0 Å². The summed E-state index contributed by atoms with van der Waals surface area (Å²) in [7, 11) is 1.52. The van der Waals surface area contributed by atoms with Gasteiger partial charge in [0.05, 0.1) is 35.4 Å². The van der Waals surface area contributed by atoms with Crippen molar-refractivity contribution in [3.63, 3.8) is 0 Å². The Morgan fingerprint density at radius 1 is 1.13 bits per heavy atom. The molecule has 6 nitrogen and oxygen atoms in total. The number of nitriles is 1. The van der Waals surface area contributed by atoms with Gasteiger partial charge in [0.2, 0.25) is 0 Å². The number of aryl methyl sites for hydroxylation is 1. The third kappa shape index (κ3) is 5.47. The molecule has 0 N–H and O–H groups in total. The van der Waals surface area contributed by atoms with Crippen LogP contribution < -0.4 is 9.47 Å². The normalized spacial score (nSPS) is 11.1. The standard InChI is InChI=1S/C22H18Cl2N4O2/c1-29-22-21(30-8-2-3-15-4-6-26-7-5-15)10-17(12-28-22)16(11-25)9-18-19(23)13-27-14-20(18)24/h4-7,9-10,12-14H,2-3,8H2,1H3/b16-9+. The van der Waals surface area contributed by atoms with Crippen LogP contribution in [0.2, 0.25) is 10.0 Å². The molecule has 152 valence electrons. The van der Waals surface area contributed by atoms with E-state index in [1.807, 2.05) is 12.1 Å². The molecule has 30 heavy (non-hydrogen) atoms. The van der Waals surface area contributed by atoms with Gasteiger partial charge in [-0.25, -0.2) is 4.98 Å². The van der Waals surface area contributed by atoms with Gasteiger partial charge in [-0.3, -0.25) is 9.97 Å². The molecule has 3 rings (SSSR count). The Bertz CT molecular complexity index is 1060. The van der Waals surface area contributed by atoms with Crippen molar-refractivity contribution in [1.29, 1.82) is 5.26 Å². The lowest BCUT2D eigenvalue weighted by atomic mass is 10.1. The first kappa shape index (κ1) is 21.6. The summed E-state index contributed by atoms with van der Waals surface area (Å²) in [6.45, 7) is 0.470. The van der Waals surface area contributed by atoms with Crippen LogP contribution in [0.15, 0.2) is 49.2 Å². The third-order valence-electron chi connectivity index (χ3n) is 4.24. The number of rotatable bonds is 8. The fraction of sp³-hybridized carbons (Fsp3) is 0.182. The van der Waals surface area contributed by atoms with Gasteiger partial charge in [0, 0.05) is 42.1 Å². The van der Waals surface area contributed by atoms with Gasteiger partial charge in [0.25, 0.3) is 5.88 Å². The van der Waals surface area contributed by atoms with Gasteiger partial charge in [0.15, 0.2) is 5.75 Å². The molecule has 0 aliphatic heterocycles. The maximum absolute atomic E-state index is 9.66.